The Labute approximate surface area is 95.6 Å². The highest BCUT2D eigenvalue weighted by atomic mass is 79.9. The van der Waals surface area contributed by atoms with E-state index in [2.05, 4.69) is 31.9 Å². The molecule has 0 spiro atoms. The van der Waals surface area contributed by atoms with E-state index in [1.165, 1.54) is 0 Å². The van der Waals surface area contributed by atoms with E-state index in [1.807, 2.05) is 0 Å². The molecule has 2 aliphatic rings. The summed E-state index contributed by atoms with van der Waals surface area (Å²) < 4.78 is 23.2. The smallest absolute Gasteiger partial charge is 0.153 e. The molecular weight excluding hydrogens is 320 g/mol. The van der Waals surface area contributed by atoms with Gasteiger partial charge in [-0.25, -0.2) is 8.42 Å². The van der Waals surface area contributed by atoms with Crippen LogP contribution >= 0.6 is 31.9 Å². The minimum Gasteiger partial charge on any atom is -0.229 e. The van der Waals surface area contributed by atoms with Crippen molar-refractivity contribution in [3.8, 4) is 0 Å². The lowest BCUT2D eigenvalue weighted by atomic mass is 9.87. The number of fused-ring (bicyclic) bond motifs is 1. The first kappa shape index (κ1) is 10.4. The van der Waals surface area contributed by atoms with Gasteiger partial charge < -0.3 is 0 Å². The summed E-state index contributed by atoms with van der Waals surface area (Å²) in [5.74, 6) is 0.810. The van der Waals surface area contributed by atoms with Crippen molar-refractivity contribution in [1.82, 2.24) is 0 Å². The molecule has 2 rings (SSSR count). The molecule has 1 heterocycles. The van der Waals surface area contributed by atoms with Gasteiger partial charge in [-0.15, -0.1) is 0 Å². The summed E-state index contributed by atoms with van der Waals surface area (Å²) in [4.78, 5) is 0.767. The molecule has 2 fully saturated rings. The molecule has 1 saturated heterocycles. The maximum Gasteiger partial charge on any atom is 0.153 e. The van der Waals surface area contributed by atoms with Gasteiger partial charge in [-0.3, -0.25) is 0 Å². The predicted molar refractivity (Wildman–Crippen MR) is 60.3 cm³/mol. The molecule has 0 radical (unpaired) electrons. The van der Waals surface area contributed by atoms with Crippen LogP contribution in [-0.4, -0.2) is 29.1 Å². The van der Waals surface area contributed by atoms with Gasteiger partial charge in [0.15, 0.2) is 9.84 Å². The fourth-order valence-corrected chi connectivity index (χ4v) is 6.19. The van der Waals surface area contributed by atoms with Crippen molar-refractivity contribution in [2.45, 2.75) is 34.2 Å². The molecule has 5 heteroatoms. The van der Waals surface area contributed by atoms with Gasteiger partial charge in [-0.1, -0.05) is 31.9 Å². The van der Waals surface area contributed by atoms with Crippen molar-refractivity contribution < 1.29 is 8.42 Å². The molecule has 0 aromatic heterocycles. The summed E-state index contributed by atoms with van der Waals surface area (Å²) in [5, 5.41) is -0.0642. The quantitative estimate of drug-likeness (QED) is 0.637. The summed E-state index contributed by atoms with van der Waals surface area (Å²) in [6, 6.07) is 0. The molecule has 2 nitrogen and oxygen atoms in total. The second kappa shape index (κ2) is 3.49. The van der Waals surface area contributed by atoms with Crippen LogP contribution in [0.1, 0.15) is 19.3 Å². The van der Waals surface area contributed by atoms with Crippen molar-refractivity contribution in [3.63, 3.8) is 0 Å². The number of hydrogen-bond acceptors (Lipinski definition) is 2. The summed E-state index contributed by atoms with van der Waals surface area (Å²) in [7, 11) is -2.75. The molecule has 0 N–H and O–H groups in total. The average Bonchev–Trinajstić information content (AvgIpc) is 2.31. The summed E-state index contributed by atoms with van der Waals surface area (Å²) >= 11 is 7.12. The van der Waals surface area contributed by atoms with Crippen LogP contribution in [0.25, 0.3) is 0 Å². The number of alkyl halides is 2. The number of halogens is 2. The van der Waals surface area contributed by atoms with E-state index in [0.717, 1.165) is 19.3 Å². The Hall–Kier alpha value is 0.910. The van der Waals surface area contributed by atoms with Crippen molar-refractivity contribution >= 4 is 41.7 Å². The molecule has 4 atom stereocenters. The normalized spacial score (nSPS) is 48.8. The summed E-state index contributed by atoms with van der Waals surface area (Å²) in [6.45, 7) is 0. The van der Waals surface area contributed by atoms with Gasteiger partial charge in [0.05, 0.1) is 11.0 Å². The topological polar surface area (TPSA) is 34.1 Å². The van der Waals surface area contributed by atoms with E-state index in [1.54, 1.807) is 0 Å². The Morgan fingerprint density at radius 3 is 2.38 bits per heavy atom. The van der Waals surface area contributed by atoms with Crippen LogP contribution in [0.5, 0.6) is 0 Å². The van der Waals surface area contributed by atoms with E-state index in [-0.39, 0.29) is 5.25 Å². The largest absolute Gasteiger partial charge is 0.229 e. The zero-order valence-corrected chi connectivity index (χ0v) is 11.1. The molecule has 76 valence electrons. The van der Waals surface area contributed by atoms with Crippen molar-refractivity contribution in [1.29, 1.82) is 0 Å². The first-order chi connectivity index (χ1) is 6.00. The Morgan fingerprint density at radius 1 is 1.08 bits per heavy atom. The predicted octanol–water partition coefficient (Wildman–Crippen LogP) is 2.11. The second-order valence-electron chi connectivity index (χ2n) is 3.96. The molecule has 0 bridgehead atoms. The van der Waals surface area contributed by atoms with Gasteiger partial charge >= 0.3 is 0 Å². The minimum absolute atomic E-state index is 0.0642. The van der Waals surface area contributed by atoms with E-state index in [4.69, 9.17) is 0 Å². The molecule has 1 saturated carbocycles. The lowest BCUT2D eigenvalue weighted by Crippen LogP contribution is -2.36. The van der Waals surface area contributed by atoms with Crippen LogP contribution in [0.4, 0.5) is 0 Å². The zero-order chi connectivity index (χ0) is 9.64. The molecule has 1 aliphatic carbocycles. The van der Waals surface area contributed by atoms with E-state index < -0.39 is 9.84 Å². The molecule has 0 amide bonds. The van der Waals surface area contributed by atoms with E-state index in [9.17, 15) is 8.42 Å². The molecule has 0 aromatic rings. The van der Waals surface area contributed by atoms with Crippen LogP contribution in [-0.2, 0) is 9.84 Å². The Morgan fingerprint density at radius 2 is 1.69 bits per heavy atom. The highest BCUT2D eigenvalue weighted by molar-refractivity contribution is 9.12. The third-order valence-corrected chi connectivity index (χ3v) is 8.18. The van der Waals surface area contributed by atoms with Crippen molar-refractivity contribution in [2.75, 3.05) is 5.75 Å². The second-order valence-corrected chi connectivity index (χ2v) is 8.65. The average molecular weight is 332 g/mol. The van der Waals surface area contributed by atoms with E-state index >= 15 is 0 Å². The Kier molecular flexibility index (Phi) is 2.80. The van der Waals surface area contributed by atoms with Crippen molar-refractivity contribution in [2.24, 2.45) is 5.92 Å². The molecular formula is C8H12Br2O2S. The monoisotopic (exact) mass is 330 g/mol. The number of sulfone groups is 1. The van der Waals surface area contributed by atoms with Crippen LogP contribution in [0.2, 0.25) is 0 Å². The van der Waals surface area contributed by atoms with Gasteiger partial charge in [-0.2, -0.15) is 0 Å². The fourth-order valence-electron chi connectivity index (χ4n) is 2.36. The lowest BCUT2D eigenvalue weighted by Gasteiger charge is -2.31. The van der Waals surface area contributed by atoms with Crippen LogP contribution in [0.15, 0.2) is 0 Å². The first-order valence-corrected chi connectivity index (χ1v) is 8.05. The SMILES string of the molecule is O=S1(=O)CC[C@@H]2C[C@H](Br)[C@H](Br)C[C@@H]21. The first-order valence-electron chi connectivity index (χ1n) is 4.50. The highest BCUT2D eigenvalue weighted by Gasteiger charge is 2.45. The van der Waals surface area contributed by atoms with E-state index in [0.29, 0.717) is 21.3 Å². The fraction of sp³-hybridized carbons (Fsp3) is 1.00. The maximum absolute atomic E-state index is 11.6. The zero-order valence-electron chi connectivity index (χ0n) is 7.12. The van der Waals surface area contributed by atoms with Gasteiger partial charge in [-0.05, 0) is 25.2 Å². The Bertz CT molecular complexity index is 301. The van der Waals surface area contributed by atoms with Gasteiger partial charge in [0, 0.05) is 9.65 Å². The standard InChI is InChI=1S/C8H12Br2O2S/c9-6-3-5-1-2-13(11,12)8(5)4-7(6)10/h5-8H,1-4H2/t5-,6+,7-,8+/m1/s1. The van der Waals surface area contributed by atoms with Crippen LogP contribution in [0, 0.1) is 5.92 Å². The van der Waals surface area contributed by atoms with Crippen LogP contribution in [0.3, 0.4) is 0 Å². The maximum atomic E-state index is 11.6. The van der Waals surface area contributed by atoms with Gasteiger partial charge in [0.25, 0.3) is 0 Å². The summed E-state index contributed by atoms with van der Waals surface area (Å²) in [6.07, 6.45) is 2.65. The van der Waals surface area contributed by atoms with Crippen LogP contribution < -0.4 is 0 Å². The number of hydrogen-bond donors (Lipinski definition) is 0. The highest BCUT2D eigenvalue weighted by Crippen LogP contribution is 2.42. The van der Waals surface area contributed by atoms with Gasteiger partial charge in [0.1, 0.15) is 0 Å². The minimum atomic E-state index is -2.75. The third kappa shape index (κ3) is 1.84. The van der Waals surface area contributed by atoms with Crippen molar-refractivity contribution in [3.05, 3.63) is 0 Å². The molecule has 0 unspecified atom stereocenters. The summed E-state index contributed by atoms with van der Waals surface area (Å²) in [5.41, 5.74) is 0. The lowest BCUT2D eigenvalue weighted by molar-refractivity contribution is 0.392. The number of rotatable bonds is 0. The Balaban J connectivity index is 2.21. The third-order valence-electron chi connectivity index (χ3n) is 3.14. The molecule has 13 heavy (non-hydrogen) atoms. The van der Waals surface area contributed by atoms with Gasteiger partial charge in [0.2, 0.25) is 0 Å². The molecule has 1 aliphatic heterocycles. The molecule has 0 aromatic carbocycles.